The van der Waals surface area contributed by atoms with Crippen LogP contribution in [0.2, 0.25) is 0 Å². The average Bonchev–Trinajstić information content (AvgIpc) is 3.16. The van der Waals surface area contributed by atoms with Crippen LogP contribution in [-0.4, -0.2) is 48.7 Å². The van der Waals surface area contributed by atoms with Crippen LogP contribution in [0.3, 0.4) is 0 Å². The quantitative estimate of drug-likeness (QED) is 0.429. The molecule has 2 fully saturated rings. The van der Waals surface area contributed by atoms with E-state index in [1.54, 1.807) is 36.1 Å². The summed E-state index contributed by atoms with van der Waals surface area (Å²) in [6.07, 6.45) is 3.06. The SMILES string of the molecule is Cn1nc(-c2ccc(N3CC4(C3)CC(F)(F)C4)nc2)nc1Nc1ccc(-c2ccnc(N)n2)c(F)c1. The zero-order valence-corrected chi connectivity index (χ0v) is 19.3. The summed E-state index contributed by atoms with van der Waals surface area (Å²) in [5, 5.41) is 7.50. The molecule has 1 spiro atoms. The minimum atomic E-state index is -2.51. The summed E-state index contributed by atoms with van der Waals surface area (Å²) >= 11 is 0. The molecule has 1 aliphatic heterocycles. The Hall–Kier alpha value is -4.22. The van der Waals surface area contributed by atoms with Gasteiger partial charge in [-0.1, -0.05) is 0 Å². The lowest BCUT2D eigenvalue weighted by Gasteiger charge is -2.59. The third-order valence-corrected chi connectivity index (χ3v) is 6.59. The van der Waals surface area contributed by atoms with Crippen LogP contribution >= 0.6 is 0 Å². The lowest BCUT2D eigenvalue weighted by molar-refractivity contribution is -0.170. The number of aromatic nitrogens is 6. The van der Waals surface area contributed by atoms with Crippen molar-refractivity contribution in [3.05, 3.63) is 54.6 Å². The van der Waals surface area contributed by atoms with Gasteiger partial charge in [0.2, 0.25) is 17.8 Å². The molecule has 3 N–H and O–H groups in total. The number of hydrogen-bond donors (Lipinski definition) is 2. The first-order valence-electron chi connectivity index (χ1n) is 11.3. The normalized spacial score (nSPS) is 17.5. The first-order valence-corrected chi connectivity index (χ1v) is 11.3. The van der Waals surface area contributed by atoms with Crippen LogP contribution in [0.15, 0.2) is 48.8 Å². The fraction of sp³-hybridized carbons (Fsp3) is 0.292. The predicted octanol–water partition coefficient (Wildman–Crippen LogP) is 4.03. The van der Waals surface area contributed by atoms with E-state index in [2.05, 4.69) is 30.4 Å². The molecule has 1 aliphatic carbocycles. The summed E-state index contributed by atoms with van der Waals surface area (Å²) in [6.45, 7) is 1.20. The van der Waals surface area contributed by atoms with Crippen LogP contribution in [0, 0.1) is 11.2 Å². The van der Waals surface area contributed by atoms with Crippen molar-refractivity contribution in [1.29, 1.82) is 0 Å². The molecule has 4 heterocycles. The van der Waals surface area contributed by atoms with Gasteiger partial charge >= 0.3 is 0 Å². The van der Waals surface area contributed by atoms with Gasteiger partial charge in [-0.2, -0.15) is 4.98 Å². The molecule has 4 aromatic rings. The van der Waals surface area contributed by atoms with Crippen LogP contribution in [-0.2, 0) is 7.05 Å². The minimum Gasteiger partial charge on any atom is -0.368 e. The van der Waals surface area contributed by atoms with Crippen LogP contribution in [0.25, 0.3) is 22.6 Å². The fourth-order valence-corrected chi connectivity index (χ4v) is 4.97. The summed E-state index contributed by atoms with van der Waals surface area (Å²) in [5.41, 5.74) is 7.23. The first kappa shape index (κ1) is 22.3. The number of halogens is 3. The number of alkyl halides is 2. The smallest absolute Gasteiger partial charge is 0.249 e. The molecule has 3 aromatic heterocycles. The van der Waals surface area contributed by atoms with Gasteiger partial charge in [0.15, 0.2) is 5.82 Å². The van der Waals surface area contributed by atoms with E-state index in [1.165, 1.54) is 12.3 Å². The van der Waals surface area contributed by atoms with Gasteiger partial charge in [0.05, 0.1) is 5.69 Å². The first-order chi connectivity index (χ1) is 17.2. The molecule has 0 atom stereocenters. The van der Waals surface area contributed by atoms with Gasteiger partial charge in [-0.25, -0.2) is 32.8 Å². The Labute approximate surface area is 204 Å². The molecule has 9 nitrogen and oxygen atoms in total. The maximum atomic E-state index is 14.8. The average molecular weight is 493 g/mol. The van der Waals surface area contributed by atoms with Gasteiger partial charge in [-0.3, -0.25) is 0 Å². The Morgan fingerprint density at radius 1 is 1.03 bits per heavy atom. The summed E-state index contributed by atoms with van der Waals surface area (Å²) < 4.78 is 42.8. The number of nitrogens with zero attached hydrogens (tertiary/aromatic N) is 7. The van der Waals surface area contributed by atoms with E-state index < -0.39 is 11.7 Å². The predicted molar refractivity (Wildman–Crippen MR) is 128 cm³/mol. The molecule has 0 radical (unpaired) electrons. The number of nitrogen functional groups attached to an aromatic ring is 1. The van der Waals surface area contributed by atoms with E-state index in [0.717, 1.165) is 5.82 Å². The van der Waals surface area contributed by atoms with Crippen LogP contribution in [0.4, 0.5) is 36.6 Å². The molecular weight excluding hydrogens is 471 g/mol. The Bertz CT molecular complexity index is 1440. The van der Waals surface area contributed by atoms with Gasteiger partial charge < -0.3 is 16.0 Å². The van der Waals surface area contributed by atoms with E-state index in [0.29, 0.717) is 47.4 Å². The fourth-order valence-electron chi connectivity index (χ4n) is 4.97. The molecule has 12 heteroatoms. The number of rotatable bonds is 5. The molecule has 0 amide bonds. The number of hydrogen-bond acceptors (Lipinski definition) is 8. The maximum absolute atomic E-state index is 14.8. The summed E-state index contributed by atoms with van der Waals surface area (Å²) in [7, 11) is 1.73. The highest BCUT2D eigenvalue weighted by Crippen LogP contribution is 2.57. The Morgan fingerprint density at radius 2 is 1.83 bits per heavy atom. The standard InChI is InChI=1S/C24H22F3N9/c1-35-22(31-15-3-4-16(17(25)8-15)18-6-7-29-21(28)32-18)33-20(34-35)14-2-5-19(30-9-14)36-12-23(13-36)10-24(26,27)11-23/h2-9H,10-13H2,1H3,(H2,28,29,32)(H,31,33,34). The molecule has 0 unspecified atom stereocenters. The zero-order chi connectivity index (χ0) is 25.1. The Balaban J connectivity index is 1.14. The van der Waals surface area contributed by atoms with Crippen molar-refractivity contribution in [2.75, 3.05) is 29.0 Å². The number of pyridine rings is 1. The molecule has 1 aromatic carbocycles. The maximum Gasteiger partial charge on any atom is 0.249 e. The van der Waals surface area contributed by atoms with Crippen molar-refractivity contribution < 1.29 is 13.2 Å². The van der Waals surface area contributed by atoms with Crippen LogP contribution in [0.1, 0.15) is 12.8 Å². The van der Waals surface area contributed by atoms with Crippen molar-refractivity contribution in [3.8, 4) is 22.6 Å². The van der Waals surface area contributed by atoms with Crippen molar-refractivity contribution in [2.45, 2.75) is 18.8 Å². The second kappa shape index (κ2) is 7.90. The molecule has 1 saturated carbocycles. The number of anilines is 4. The van der Waals surface area contributed by atoms with Gasteiger partial charge in [0, 0.05) is 67.6 Å². The van der Waals surface area contributed by atoms with Crippen molar-refractivity contribution in [3.63, 3.8) is 0 Å². The summed E-state index contributed by atoms with van der Waals surface area (Å²) in [5.74, 6) is -1.30. The highest BCUT2D eigenvalue weighted by atomic mass is 19.3. The highest BCUT2D eigenvalue weighted by molar-refractivity contribution is 5.66. The second-order valence-electron chi connectivity index (χ2n) is 9.47. The van der Waals surface area contributed by atoms with E-state index in [1.807, 2.05) is 17.0 Å². The molecule has 184 valence electrons. The second-order valence-corrected chi connectivity index (χ2v) is 9.47. The van der Waals surface area contributed by atoms with Crippen molar-refractivity contribution >= 4 is 23.4 Å². The molecule has 6 rings (SSSR count). The van der Waals surface area contributed by atoms with E-state index in [4.69, 9.17) is 5.73 Å². The van der Waals surface area contributed by atoms with Crippen molar-refractivity contribution in [2.24, 2.45) is 12.5 Å². The van der Waals surface area contributed by atoms with E-state index >= 15 is 0 Å². The lowest BCUT2D eigenvalue weighted by Crippen LogP contribution is -2.66. The van der Waals surface area contributed by atoms with E-state index in [-0.39, 0.29) is 24.2 Å². The highest BCUT2D eigenvalue weighted by Gasteiger charge is 2.61. The topological polar surface area (TPSA) is 111 Å². The number of benzene rings is 1. The van der Waals surface area contributed by atoms with Crippen LogP contribution < -0.4 is 16.0 Å². The van der Waals surface area contributed by atoms with Crippen LogP contribution in [0.5, 0.6) is 0 Å². The third-order valence-electron chi connectivity index (χ3n) is 6.59. The monoisotopic (exact) mass is 493 g/mol. The molecule has 2 aliphatic rings. The number of nitrogens with two attached hydrogens (primary N) is 1. The number of nitrogens with one attached hydrogen (secondary N) is 1. The van der Waals surface area contributed by atoms with Crippen molar-refractivity contribution in [1.82, 2.24) is 29.7 Å². The van der Waals surface area contributed by atoms with Gasteiger partial charge in [0.25, 0.3) is 0 Å². The lowest BCUT2D eigenvalue weighted by atomic mass is 9.61. The third kappa shape index (κ3) is 3.97. The Kier molecular flexibility index (Phi) is 4.88. The Morgan fingerprint density at radius 3 is 2.50 bits per heavy atom. The zero-order valence-electron chi connectivity index (χ0n) is 19.3. The summed E-state index contributed by atoms with van der Waals surface area (Å²) in [6, 6.07) is 9.93. The molecule has 1 saturated heterocycles. The number of aryl methyl sites for hydroxylation is 1. The van der Waals surface area contributed by atoms with Gasteiger partial charge in [-0.05, 0) is 36.4 Å². The van der Waals surface area contributed by atoms with E-state index in [9.17, 15) is 13.2 Å². The van der Waals surface area contributed by atoms with Gasteiger partial charge in [-0.15, -0.1) is 5.10 Å². The largest absolute Gasteiger partial charge is 0.368 e. The molecule has 36 heavy (non-hydrogen) atoms. The van der Waals surface area contributed by atoms with Gasteiger partial charge in [0.1, 0.15) is 11.6 Å². The summed E-state index contributed by atoms with van der Waals surface area (Å²) in [4.78, 5) is 18.9. The minimum absolute atomic E-state index is 0.0376. The molecular formula is C24H22F3N9. The molecule has 0 bridgehead atoms.